The normalized spacial score (nSPS) is 13.4. The molecule has 2 atom stereocenters. The first-order valence-electron chi connectivity index (χ1n) is 5.29. The number of rotatable bonds is 4. The summed E-state index contributed by atoms with van der Waals surface area (Å²) in [6.45, 7) is 3.35. The van der Waals surface area contributed by atoms with Gasteiger partial charge in [0.05, 0.1) is 12.6 Å². The van der Waals surface area contributed by atoms with E-state index in [1.54, 1.807) is 19.9 Å². The van der Waals surface area contributed by atoms with Crippen molar-refractivity contribution in [2.45, 2.75) is 26.1 Å². The number of esters is 1. The van der Waals surface area contributed by atoms with Crippen LogP contribution in [0.4, 0.5) is 8.78 Å². The lowest BCUT2D eigenvalue weighted by atomic mass is 10.0. The second kappa shape index (κ2) is 7.28. The van der Waals surface area contributed by atoms with Crippen molar-refractivity contribution in [3.05, 3.63) is 35.1 Å². The van der Waals surface area contributed by atoms with E-state index >= 15 is 0 Å². The molecule has 0 heterocycles. The summed E-state index contributed by atoms with van der Waals surface area (Å²) in [5.74, 6) is -1.70. The molecule has 1 aromatic rings. The molecule has 2 N–H and O–H groups in total. The summed E-state index contributed by atoms with van der Waals surface area (Å²) in [6.07, 6.45) is -2.06. The van der Waals surface area contributed by atoms with Crippen LogP contribution >= 0.6 is 12.4 Å². The average molecular weight is 280 g/mol. The largest absolute Gasteiger partial charge is 0.464 e. The highest BCUT2D eigenvalue weighted by Crippen LogP contribution is 2.22. The van der Waals surface area contributed by atoms with Gasteiger partial charge < -0.3 is 10.5 Å². The smallest absolute Gasteiger partial charge is 0.342 e. The maximum atomic E-state index is 13.6. The van der Waals surface area contributed by atoms with Gasteiger partial charge in [-0.2, -0.15) is 0 Å². The van der Waals surface area contributed by atoms with Crippen LogP contribution in [0.15, 0.2) is 18.2 Å². The fourth-order valence-corrected chi connectivity index (χ4v) is 1.44. The summed E-state index contributed by atoms with van der Waals surface area (Å²) >= 11 is 0. The van der Waals surface area contributed by atoms with Crippen LogP contribution in [-0.4, -0.2) is 18.7 Å². The Hall–Kier alpha value is -1.20. The van der Waals surface area contributed by atoms with Gasteiger partial charge in [0.1, 0.15) is 5.82 Å². The molecular formula is C12H16ClF2NO2. The van der Waals surface area contributed by atoms with Crippen LogP contribution in [0.5, 0.6) is 0 Å². The molecule has 0 bridgehead atoms. The lowest BCUT2D eigenvalue weighted by Crippen LogP contribution is -2.32. The number of hydrogen-bond acceptors (Lipinski definition) is 3. The van der Waals surface area contributed by atoms with Crippen molar-refractivity contribution in [2.75, 3.05) is 6.61 Å². The van der Waals surface area contributed by atoms with Crippen molar-refractivity contribution < 1.29 is 18.3 Å². The Morgan fingerprint density at radius 3 is 2.67 bits per heavy atom. The number of nitrogens with two attached hydrogens (primary N) is 1. The molecule has 0 aromatic heterocycles. The Morgan fingerprint density at radius 2 is 2.11 bits per heavy atom. The number of carbonyl (C=O) groups is 1. The third kappa shape index (κ3) is 3.92. The molecular weight excluding hydrogens is 264 g/mol. The molecule has 0 saturated carbocycles. The maximum absolute atomic E-state index is 13.6. The van der Waals surface area contributed by atoms with E-state index in [-0.39, 0.29) is 24.6 Å². The van der Waals surface area contributed by atoms with Gasteiger partial charge in [0.15, 0.2) is 0 Å². The molecule has 1 rings (SSSR count). The van der Waals surface area contributed by atoms with Crippen molar-refractivity contribution in [1.82, 2.24) is 0 Å². The lowest BCUT2D eigenvalue weighted by Gasteiger charge is -2.16. The van der Waals surface area contributed by atoms with E-state index in [0.717, 1.165) is 5.56 Å². The molecule has 0 radical (unpaired) electrons. The summed E-state index contributed by atoms with van der Waals surface area (Å²) in [5, 5.41) is 0. The molecule has 18 heavy (non-hydrogen) atoms. The Bertz CT molecular complexity index is 415. The standard InChI is InChI=1S/C12H15F2NO2.ClH/c1-3-17-12(16)10(14)11(15)8-6-7(2)4-5-9(8)13;/h4-6,10-11H,3,15H2,1-2H3;1H/t10?,11-;/m1./s1. The van der Waals surface area contributed by atoms with Gasteiger partial charge >= 0.3 is 5.97 Å². The highest BCUT2D eigenvalue weighted by molar-refractivity contribution is 5.85. The second-order valence-electron chi connectivity index (χ2n) is 3.70. The van der Waals surface area contributed by atoms with Crippen molar-refractivity contribution in [2.24, 2.45) is 5.73 Å². The molecule has 102 valence electrons. The fraction of sp³-hybridized carbons (Fsp3) is 0.417. The number of carbonyl (C=O) groups excluding carboxylic acids is 1. The Balaban J connectivity index is 0.00000289. The molecule has 0 aliphatic carbocycles. The predicted molar refractivity (Wildman–Crippen MR) is 66.8 cm³/mol. The van der Waals surface area contributed by atoms with E-state index < -0.39 is 24.0 Å². The molecule has 0 saturated heterocycles. The van der Waals surface area contributed by atoms with Crippen LogP contribution < -0.4 is 5.73 Å². The minimum Gasteiger partial charge on any atom is -0.464 e. The monoisotopic (exact) mass is 279 g/mol. The number of ether oxygens (including phenoxy) is 1. The van der Waals surface area contributed by atoms with E-state index in [1.165, 1.54) is 12.1 Å². The first-order valence-corrected chi connectivity index (χ1v) is 5.29. The molecule has 0 spiro atoms. The molecule has 0 aliphatic rings. The number of benzene rings is 1. The van der Waals surface area contributed by atoms with E-state index in [1.807, 2.05) is 0 Å². The second-order valence-corrected chi connectivity index (χ2v) is 3.70. The summed E-state index contributed by atoms with van der Waals surface area (Å²) in [6, 6.07) is 2.81. The van der Waals surface area contributed by atoms with E-state index in [0.29, 0.717) is 0 Å². The molecule has 1 aromatic carbocycles. The van der Waals surface area contributed by atoms with Crippen molar-refractivity contribution in [1.29, 1.82) is 0 Å². The van der Waals surface area contributed by atoms with Crippen LogP contribution in [0, 0.1) is 12.7 Å². The Morgan fingerprint density at radius 1 is 1.50 bits per heavy atom. The number of halogens is 3. The minimum absolute atomic E-state index is 0. The third-order valence-electron chi connectivity index (χ3n) is 2.34. The van der Waals surface area contributed by atoms with Crippen LogP contribution in [0.1, 0.15) is 24.1 Å². The number of hydrogen-bond donors (Lipinski definition) is 1. The van der Waals surface area contributed by atoms with Crippen molar-refractivity contribution in [3.8, 4) is 0 Å². The molecule has 6 heteroatoms. The maximum Gasteiger partial charge on any atom is 0.342 e. The Labute approximate surface area is 111 Å². The van der Waals surface area contributed by atoms with E-state index in [9.17, 15) is 13.6 Å². The van der Waals surface area contributed by atoms with Crippen LogP contribution in [0.3, 0.4) is 0 Å². The lowest BCUT2D eigenvalue weighted by molar-refractivity contribution is -0.149. The summed E-state index contributed by atoms with van der Waals surface area (Å²) < 4.78 is 31.5. The molecule has 0 aliphatic heterocycles. The molecule has 0 amide bonds. The average Bonchev–Trinajstić information content (AvgIpc) is 2.30. The minimum atomic E-state index is -2.06. The zero-order chi connectivity index (χ0) is 13.0. The van der Waals surface area contributed by atoms with Crippen molar-refractivity contribution >= 4 is 18.4 Å². The van der Waals surface area contributed by atoms with Crippen LogP contribution in [0.25, 0.3) is 0 Å². The first kappa shape index (κ1) is 16.8. The van der Waals surface area contributed by atoms with Gasteiger partial charge in [0.25, 0.3) is 0 Å². The van der Waals surface area contributed by atoms with E-state index in [2.05, 4.69) is 4.74 Å². The quantitative estimate of drug-likeness (QED) is 0.862. The van der Waals surface area contributed by atoms with Crippen LogP contribution in [-0.2, 0) is 9.53 Å². The topological polar surface area (TPSA) is 52.3 Å². The summed E-state index contributed by atoms with van der Waals surface area (Å²) in [7, 11) is 0. The fourth-order valence-electron chi connectivity index (χ4n) is 1.44. The van der Waals surface area contributed by atoms with Crippen LogP contribution in [0.2, 0.25) is 0 Å². The Kier molecular flexibility index (Phi) is 6.80. The summed E-state index contributed by atoms with van der Waals surface area (Å²) in [5.41, 5.74) is 6.24. The first-order chi connectivity index (χ1) is 7.97. The highest BCUT2D eigenvalue weighted by atomic mass is 35.5. The molecule has 3 nitrogen and oxygen atoms in total. The molecule has 0 fully saturated rings. The van der Waals surface area contributed by atoms with Gasteiger partial charge in [-0.25, -0.2) is 13.6 Å². The number of alkyl halides is 1. The zero-order valence-corrected chi connectivity index (χ0v) is 11.0. The SMILES string of the molecule is CCOC(=O)C(F)[C@H](N)c1cc(C)ccc1F.Cl. The van der Waals surface area contributed by atoms with Gasteiger partial charge in [0, 0.05) is 5.56 Å². The van der Waals surface area contributed by atoms with Crippen molar-refractivity contribution in [3.63, 3.8) is 0 Å². The molecule has 1 unspecified atom stereocenters. The third-order valence-corrected chi connectivity index (χ3v) is 2.34. The number of aryl methyl sites for hydroxylation is 1. The van der Waals surface area contributed by atoms with Gasteiger partial charge in [0.2, 0.25) is 6.17 Å². The highest BCUT2D eigenvalue weighted by Gasteiger charge is 2.29. The summed E-state index contributed by atoms with van der Waals surface area (Å²) in [4.78, 5) is 11.2. The van der Waals surface area contributed by atoms with Gasteiger partial charge in [-0.1, -0.05) is 17.7 Å². The van der Waals surface area contributed by atoms with Gasteiger partial charge in [-0.05, 0) is 19.9 Å². The van der Waals surface area contributed by atoms with Gasteiger partial charge in [-0.15, -0.1) is 12.4 Å². The predicted octanol–water partition coefficient (Wildman–Crippen LogP) is 2.46. The van der Waals surface area contributed by atoms with Gasteiger partial charge in [-0.3, -0.25) is 0 Å². The zero-order valence-electron chi connectivity index (χ0n) is 10.2. The van der Waals surface area contributed by atoms with E-state index in [4.69, 9.17) is 5.73 Å².